The minimum Gasteiger partial charge on any atom is -0.418 e. The second-order valence-electron chi connectivity index (χ2n) is 6.06. The van der Waals surface area contributed by atoms with Crippen LogP contribution in [0.2, 0.25) is 0 Å². The fraction of sp³-hybridized carbons (Fsp3) is 1.00. The van der Waals surface area contributed by atoms with Crippen LogP contribution in [0.5, 0.6) is 0 Å². The molecule has 0 aromatic heterocycles. The number of nitrogens with zero attached hydrogens (tertiary/aromatic N) is 1. The maximum Gasteiger partial charge on any atom is 0.673 e. The van der Waals surface area contributed by atoms with Gasteiger partial charge in [-0.2, -0.15) is 0 Å². The van der Waals surface area contributed by atoms with Crippen molar-refractivity contribution < 1.29 is 21.7 Å². The summed E-state index contributed by atoms with van der Waals surface area (Å²) in [4.78, 5) is 0. The third-order valence-electron chi connectivity index (χ3n) is 2.74. The van der Waals surface area contributed by atoms with Crippen LogP contribution in [-0.4, -0.2) is 57.9 Å². The first kappa shape index (κ1) is 22.5. The lowest BCUT2D eigenvalue weighted by atomic mass is 10.3. The molecule has 1 nitrogen and oxygen atoms in total. The molecule has 0 atom stereocenters. The summed E-state index contributed by atoms with van der Waals surface area (Å²) >= 11 is 0. The van der Waals surface area contributed by atoms with E-state index in [1.807, 2.05) is 0 Å². The van der Waals surface area contributed by atoms with Gasteiger partial charge in [-0.25, -0.2) is 0 Å². The van der Waals surface area contributed by atoms with Crippen LogP contribution in [0.1, 0.15) is 39.5 Å². The second kappa shape index (κ2) is 11.8. The molecule has 0 amide bonds. The molecule has 0 aromatic rings. The van der Waals surface area contributed by atoms with Crippen LogP contribution >= 0.6 is 7.92 Å². The van der Waals surface area contributed by atoms with E-state index in [2.05, 4.69) is 35.0 Å². The lowest BCUT2D eigenvalue weighted by Gasteiger charge is -2.27. The van der Waals surface area contributed by atoms with Crippen molar-refractivity contribution >= 4 is 15.2 Å². The first-order valence-corrected chi connectivity index (χ1v) is 9.29. The number of hydrogen-bond acceptors (Lipinski definition) is 0. The highest BCUT2D eigenvalue weighted by atomic mass is 31.1. The average molecular weight is 319 g/mol. The van der Waals surface area contributed by atoms with E-state index in [0.29, 0.717) is 7.92 Å². The van der Waals surface area contributed by atoms with Gasteiger partial charge in [-0.15, -0.1) is 7.92 Å². The smallest absolute Gasteiger partial charge is 0.418 e. The van der Waals surface area contributed by atoms with E-state index in [1.165, 1.54) is 50.7 Å². The second-order valence-corrected chi connectivity index (χ2v) is 8.74. The van der Waals surface area contributed by atoms with Crippen LogP contribution in [0.25, 0.3) is 0 Å². The highest BCUT2D eigenvalue weighted by Gasteiger charge is 2.20. The zero-order valence-corrected chi connectivity index (χ0v) is 14.5. The predicted octanol–water partition coefficient (Wildman–Crippen LogP) is 5.07. The van der Waals surface area contributed by atoms with Crippen molar-refractivity contribution in [1.29, 1.82) is 0 Å². The summed E-state index contributed by atoms with van der Waals surface area (Å²) in [6.45, 7) is 5.99. The van der Waals surface area contributed by atoms with E-state index in [4.69, 9.17) is 0 Å². The highest BCUT2D eigenvalue weighted by Crippen LogP contribution is 2.37. The molecule has 0 N–H and O–H groups in total. The van der Waals surface area contributed by atoms with Crippen LogP contribution < -0.4 is 0 Å². The van der Waals surface area contributed by atoms with E-state index < -0.39 is 7.25 Å². The molecule has 0 saturated heterocycles. The van der Waals surface area contributed by atoms with Crippen molar-refractivity contribution in [1.82, 2.24) is 0 Å². The molecule has 0 saturated carbocycles. The fourth-order valence-corrected chi connectivity index (χ4v) is 4.62. The van der Waals surface area contributed by atoms with Gasteiger partial charge >= 0.3 is 7.25 Å². The van der Waals surface area contributed by atoms with E-state index in [1.54, 1.807) is 0 Å². The van der Waals surface area contributed by atoms with Crippen LogP contribution in [0.3, 0.4) is 0 Å². The van der Waals surface area contributed by atoms with Gasteiger partial charge < -0.3 is 21.7 Å². The third-order valence-corrected chi connectivity index (χ3v) is 5.47. The zero-order chi connectivity index (χ0) is 16.2. The summed E-state index contributed by atoms with van der Waals surface area (Å²) in [7, 11) is 1.29. The largest absolute Gasteiger partial charge is 0.673 e. The topological polar surface area (TPSA) is 0 Å². The Balaban J connectivity index is 0. The first-order valence-electron chi connectivity index (χ1n) is 7.39. The number of quaternary nitrogens is 1. The molecule has 0 aliphatic rings. The Morgan fingerprint density at radius 2 is 1.15 bits per heavy atom. The summed E-state index contributed by atoms with van der Waals surface area (Å²) in [5, 5.41) is 0. The van der Waals surface area contributed by atoms with Crippen LogP contribution in [0.4, 0.5) is 17.3 Å². The van der Waals surface area contributed by atoms with Gasteiger partial charge in [-0.1, -0.05) is 26.7 Å². The Morgan fingerprint density at radius 1 is 0.800 bits per heavy atom. The van der Waals surface area contributed by atoms with Crippen molar-refractivity contribution in [2.75, 3.05) is 46.2 Å². The summed E-state index contributed by atoms with van der Waals surface area (Å²) in [5.41, 5.74) is 0. The molecule has 0 aliphatic carbocycles. The molecule has 7 heteroatoms. The minimum absolute atomic E-state index is 0.348. The van der Waals surface area contributed by atoms with Gasteiger partial charge in [0.2, 0.25) is 0 Å². The highest BCUT2D eigenvalue weighted by molar-refractivity contribution is 7.57. The van der Waals surface area contributed by atoms with E-state index in [0.717, 1.165) is 4.48 Å². The minimum atomic E-state index is -6.00. The molecular formula is C13H31BF4NP. The van der Waals surface area contributed by atoms with Crippen LogP contribution in [0.15, 0.2) is 0 Å². The van der Waals surface area contributed by atoms with Gasteiger partial charge in [0.1, 0.15) is 0 Å². The fourth-order valence-electron chi connectivity index (χ4n) is 1.54. The maximum atomic E-state index is 9.75. The molecule has 0 aromatic carbocycles. The lowest BCUT2D eigenvalue weighted by molar-refractivity contribution is -0.867. The van der Waals surface area contributed by atoms with Gasteiger partial charge in [0, 0.05) is 6.16 Å². The average Bonchev–Trinajstić information content (AvgIpc) is 2.24. The quantitative estimate of drug-likeness (QED) is 0.241. The Morgan fingerprint density at radius 3 is 1.40 bits per heavy atom. The van der Waals surface area contributed by atoms with Gasteiger partial charge in [-0.3, -0.25) is 0 Å². The third kappa shape index (κ3) is 26.7. The maximum absolute atomic E-state index is 9.75. The Kier molecular flexibility index (Phi) is 13.2. The molecule has 0 heterocycles. The summed E-state index contributed by atoms with van der Waals surface area (Å²) < 4.78 is 40.1. The molecule has 0 spiro atoms. The summed E-state index contributed by atoms with van der Waals surface area (Å²) in [5.74, 6) is 0. The van der Waals surface area contributed by atoms with Crippen molar-refractivity contribution in [2.24, 2.45) is 0 Å². The van der Waals surface area contributed by atoms with Crippen molar-refractivity contribution in [3.05, 3.63) is 0 Å². The van der Waals surface area contributed by atoms with Crippen molar-refractivity contribution in [3.63, 3.8) is 0 Å². The molecule has 124 valence electrons. The van der Waals surface area contributed by atoms with Crippen LogP contribution in [-0.2, 0) is 0 Å². The van der Waals surface area contributed by atoms with E-state index in [-0.39, 0.29) is 0 Å². The van der Waals surface area contributed by atoms with Gasteiger partial charge in [0.05, 0.1) is 27.7 Å². The van der Waals surface area contributed by atoms with E-state index >= 15 is 0 Å². The van der Waals surface area contributed by atoms with Crippen LogP contribution in [0, 0.1) is 0 Å². The molecule has 20 heavy (non-hydrogen) atoms. The number of halogens is 4. The Labute approximate surface area is 123 Å². The lowest BCUT2D eigenvalue weighted by Crippen LogP contribution is -2.36. The van der Waals surface area contributed by atoms with Gasteiger partial charge in [-0.05, 0) is 25.2 Å². The number of hydrogen-bond donors (Lipinski definition) is 0. The standard InChI is InChI=1S/C13H31NP.BF4/c1-6-8-11-15(12-9-7-2)13-10-14(3,4)5;2-1(3,4)5/h6-13H2,1-5H3;/q+1;-1. The monoisotopic (exact) mass is 319 g/mol. The number of unbranched alkanes of at least 4 members (excludes halogenated alkanes) is 2. The zero-order valence-electron chi connectivity index (χ0n) is 13.6. The van der Waals surface area contributed by atoms with Crippen molar-refractivity contribution in [2.45, 2.75) is 39.5 Å². The molecular weight excluding hydrogens is 288 g/mol. The molecule has 0 radical (unpaired) electrons. The van der Waals surface area contributed by atoms with Gasteiger partial charge in [0.25, 0.3) is 0 Å². The summed E-state index contributed by atoms with van der Waals surface area (Å²) in [6, 6.07) is 0. The molecule has 0 unspecified atom stereocenters. The normalized spacial score (nSPS) is 12.3. The predicted molar refractivity (Wildman–Crippen MR) is 84.4 cm³/mol. The Bertz CT molecular complexity index is 205. The van der Waals surface area contributed by atoms with Crippen molar-refractivity contribution in [3.8, 4) is 0 Å². The Hall–Kier alpha value is 0.175. The molecule has 0 rings (SSSR count). The SMILES string of the molecule is CCCCP(CCCC)CC[N+](C)(C)C.F[B-](F)(F)F. The molecule has 0 fully saturated rings. The van der Waals surface area contributed by atoms with Gasteiger partial charge in [0.15, 0.2) is 0 Å². The summed E-state index contributed by atoms with van der Waals surface area (Å²) in [6.07, 6.45) is 10.2. The van der Waals surface area contributed by atoms with E-state index in [9.17, 15) is 17.3 Å². The molecule has 0 bridgehead atoms. The molecule has 0 aliphatic heterocycles. The number of rotatable bonds is 9. The first-order chi connectivity index (χ1) is 8.99.